The fraction of sp³-hybridized carbons (Fsp3) is 0.933. The molecule has 0 aliphatic carbocycles. The number of piperidine rings is 2. The van der Waals surface area contributed by atoms with Gasteiger partial charge in [-0.15, -0.1) is 0 Å². The summed E-state index contributed by atoms with van der Waals surface area (Å²) < 4.78 is 5.75. The van der Waals surface area contributed by atoms with Crippen molar-refractivity contribution >= 4 is 5.97 Å². The summed E-state index contributed by atoms with van der Waals surface area (Å²) in [5.41, 5.74) is 0. The van der Waals surface area contributed by atoms with E-state index in [1.54, 1.807) is 4.90 Å². The third kappa shape index (κ3) is 3.11. The molecule has 2 unspecified atom stereocenters. The molecular formula is C15H28N2O2+2. The standard InChI is InChI=1S/C15H26N2O2/c1-16-12-5-6-13(16)10-14(9-12)19-15(18)11-17-7-3-2-4-8-17/h12-14H,2-11H2,1H3/p+2/t12-,13+,14?. The largest absolute Gasteiger partial charge is 0.458 e. The van der Waals surface area contributed by atoms with Gasteiger partial charge in [0.15, 0.2) is 6.54 Å². The smallest absolute Gasteiger partial charge is 0.361 e. The second-order valence-electron chi connectivity index (χ2n) is 6.79. The van der Waals surface area contributed by atoms with Crippen LogP contribution in [-0.4, -0.2) is 50.8 Å². The molecule has 0 saturated carbocycles. The SMILES string of the molecule is C[NH+]1[C@@H]2CC[C@H]1CC(OC(=O)C[NH+]1CCCCC1)C2. The van der Waals surface area contributed by atoms with Crippen molar-refractivity contribution in [2.24, 2.45) is 0 Å². The van der Waals surface area contributed by atoms with Crippen LogP contribution in [0.1, 0.15) is 44.9 Å². The zero-order valence-corrected chi connectivity index (χ0v) is 12.1. The molecule has 108 valence electrons. The average molecular weight is 268 g/mol. The maximum atomic E-state index is 12.0. The minimum atomic E-state index is 0.0425. The Morgan fingerprint density at radius 2 is 1.74 bits per heavy atom. The van der Waals surface area contributed by atoms with Crippen molar-refractivity contribution in [1.82, 2.24) is 0 Å². The lowest BCUT2D eigenvalue weighted by atomic mass is 10.0. The minimum absolute atomic E-state index is 0.0425. The average Bonchev–Trinajstić information content (AvgIpc) is 2.63. The Labute approximate surface area is 116 Å². The molecule has 3 saturated heterocycles. The van der Waals surface area contributed by atoms with Crippen molar-refractivity contribution in [2.75, 3.05) is 26.7 Å². The highest BCUT2D eigenvalue weighted by Gasteiger charge is 2.43. The Hall–Kier alpha value is -0.610. The van der Waals surface area contributed by atoms with E-state index >= 15 is 0 Å². The Morgan fingerprint density at radius 1 is 1.11 bits per heavy atom. The lowest BCUT2D eigenvalue weighted by molar-refractivity contribution is -0.923. The van der Waals surface area contributed by atoms with Crippen molar-refractivity contribution in [2.45, 2.75) is 63.1 Å². The van der Waals surface area contributed by atoms with E-state index in [1.807, 2.05) is 0 Å². The van der Waals surface area contributed by atoms with Crippen molar-refractivity contribution in [1.29, 1.82) is 0 Å². The molecule has 0 aromatic heterocycles. The normalized spacial score (nSPS) is 39.2. The van der Waals surface area contributed by atoms with Crippen LogP contribution in [0, 0.1) is 0 Å². The van der Waals surface area contributed by atoms with E-state index in [2.05, 4.69) is 7.05 Å². The number of likely N-dealkylation sites (tertiary alicyclic amines) is 1. The van der Waals surface area contributed by atoms with Crippen LogP contribution in [-0.2, 0) is 9.53 Å². The van der Waals surface area contributed by atoms with E-state index in [4.69, 9.17) is 4.74 Å². The molecule has 4 heteroatoms. The summed E-state index contributed by atoms with van der Waals surface area (Å²) in [4.78, 5) is 15.1. The van der Waals surface area contributed by atoms with Crippen molar-refractivity contribution < 1.29 is 19.3 Å². The van der Waals surface area contributed by atoms with Gasteiger partial charge in [0, 0.05) is 25.7 Å². The number of carbonyl (C=O) groups is 1. The predicted molar refractivity (Wildman–Crippen MR) is 72.2 cm³/mol. The van der Waals surface area contributed by atoms with Gasteiger partial charge in [-0.05, 0) is 19.3 Å². The summed E-state index contributed by atoms with van der Waals surface area (Å²) in [6.07, 6.45) is 8.89. The van der Waals surface area contributed by atoms with Gasteiger partial charge in [-0.25, -0.2) is 4.79 Å². The molecule has 0 radical (unpaired) electrons. The lowest BCUT2D eigenvalue weighted by Gasteiger charge is -2.33. The topological polar surface area (TPSA) is 35.2 Å². The van der Waals surface area contributed by atoms with E-state index in [0.717, 1.165) is 38.0 Å². The first-order chi connectivity index (χ1) is 9.22. The fourth-order valence-corrected chi connectivity index (χ4v) is 4.29. The molecule has 2 bridgehead atoms. The monoisotopic (exact) mass is 268 g/mol. The van der Waals surface area contributed by atoms with Crippen LogP contribution in [0.5, 0.6) is 0 Å². The van der Waals surface area contributed by atoms with Crippen LogP contribution in [0.2, 0.25) is 0 Å². The highest BCUT2D eigenvalue weighted by atomic mass is 16.5. The second-order valence-corrected chi connectivity index (χ2v) is 6.79. The van der Waals surface area contributed by atoms with E-state index in [1.165, 1.54) is 37.0 Å². The summed E-state index contributed by atoms with van der Waals surface area (Å²) in [6, 6.07) is 1.47. The maximum Gasteiger partial charge on any atom is 0.361 e. The third-order valence-corrected chi connectivity index (χ3v) is 5.50. The number of ether oxygens (including phenoxy) is 1. The first-order valence-electron chi connectivity index (χ1n) is 8.09. The molecule has 3 aliphatic rings. The zero-order valence-electron chi connectivity index (χ0n) is 12.1. The van der Waals surface area contributed by atoms with Crippen LogP contribution >= 0.6 is 0 Å². The van der Waals surface area contributed by atoms with Crippen molar-refractivity contribution in [3.8, 4) is 0 Å². The van der Waals surface area contributed by atoms with E-state index < -0.39 is 0 Å². The van der Waals surface area contributed by atoms with Gasteiger partial charge in [-0.1, -0.05) is 0 Å². The van der Waals surface area contributed by atoms with E-state index in [-0.39, 0.29) is 12.1 Å². The number of carbonyl (C=O) groups excluding carboxylic acids is 1. The van der Waals surface area contributed by atoms with Gasteiger partial charge in [-0.3, -0.25) is 0 Å². The molecule has 19 heavy (non-hydrogen) atoms. The zero-order chi connectivity index (χ0) is 13.2. The maximum absolute atomic E-state index is 12.0. The number of quaternary nitrogens is 2. The quantitative estimate of drug-likeness (QED) is 0.631. The summed E-state index contributed by atoms with van der Waals surface area (Å²) in [6.45, 7) is 2.89. The molecule has 4 atom stereocenters. The summed E-state index contributed by atoms with van der Waals surface area (Å²) >= 11 is 0. The van der Waals surface area contributed by atoms with Crippen LogP contribution in [0.25, 0.3) is 0 Å². The molecule has 3 rings (SSSR count). The third-order valence-electron chi connectivity index (χ3n) is 5.50. The molecule has 0 aromatic carbocycles. The Bertz CT molecular complexity index is 314. The highest BCUT2D eigenvalue weighted by Crippen LogP contribution is 2.24. The number of hydrogen-bond acceptors (Lipinski definition) is 2. The molecule has 3 heterocycles. The molecule has 3 aliphatic heterocycles. The lowest BCUT2D eigenvalue weighted by Crippen LogP contribution is -3.15. The number of rotatable bonds is 3. The first-order valence-corrected chi connectivity index (χ1v) is 8.09. The minimum Gasteiger partial charge on any atom is -0.458 e. The molecule has 2 N–H and O–H groups in total. The molecular weight excluding hydrogens is 240 g/mol. The van der Waals surface area contributed by atoms with E-state index in [9.17, 15) is 4.79 Å². The van der Waals surface area contributed by atoms with Gasteiger partial charge in [0.2, 0.25) is 0 Å². The molecule has 0 amide bonds. The first kappa shape index (κ1) is 13.4. The van der Waals surface area contributed by atoms with Crippen LogP contribution in [0.3, 0.4) is 0 Å². The molecule has 4 nitrogen and oxygen atoms in total. The Balaban J connectivity index is 1.45. The number of hydrogen-bond donors (Lipinski definition) is 2. The van der Waals surface area contributed by atoms with Crippen molar-refractivity contribution in [3.05, 3.63) is 0 Å². The molecule has 0 aromatic rings. The van der Waals surface area contributed by atoms with Gasteiger partial charge in [-0.2, -0.15) is 0 Å². The number of esters is 1. The van der Waals surface area contributed by atoms with Gasteiger partial charge >= 0.3 is 5.97 Å². The highest BCUT2D eigenvalue weighted by molar-refractivity contribution is 5.70. The van der Waals surface area contributed by atoms with Crippen LogP contribution in [0.15, 0.2) is 0 Å². The molecule has 0 spiro atoms. The van der Waals surface area contributed by atoms with Gasteiger partial charge in [0.05, 0.1) is 32.2 Å². The van der Waals surface area contributed by atoms with Crippen molar-refractivity contribution in [3.63, 3.8) is 0 Å². The molecule has 3 fully saturated rings. The van der Waals surface area contributed by atoms with Crippen LogP contribution < -0.4 is 9.80 Å². The fourth-order valence-electron chi connectivity index (χ4n) is 4.29. The Kier molecular flexibility index (Phi) is 4.08. The van der Waals surface area contributed by atoms with Gasteiger partial charge in [0.1, 0.15) is 6.10 Å². The van der Waals surface area contributed by atoms with Crippen LogP contribution in [0.4, 0.5) is 0 Å². The summed E-state index contributed by atoms with van der Waals surface area (Å²) in [7, 11) is 2.30. The van der Waals surface area contributed by atoms with Gasteiger partial charge in [0.25, 0.3) is 0 Å². The summed E-state index contributed by atoms with van der Waals surface area (Å²) in [5.74, 6) is 0.0425. The van der Waals surface area contributed by atoms with E-state index in [0.29, 0.717) is 6.54 Å². The Morgan fingerprint density at radius 3 is 2.37 bits per heavy atom. The number of nitrogens with one attached hydrogen (secondary N) is 2. The van der Waals surface area contributed by atoms with Gasteiger partial charge < -0.3 is 14.5 Å². The predicted octanol–water partition coefficient (Wildman–Crippen LogP) is -1.19. The second kappa shape index (κ2) is 5.80. The number of fused-ring (bicyclic) bond motifs is 2. The summed E-state index contributed by atoms with van der Waals surface area (Å²) in [5, 5.41) is 0.